The molecule has 0 unspecified atom stereocenters. The summed E-state index contributed by atoms with van der Waals surface area (Å²) in [6.07, 6.45) is 6.65. The van der Waals surface area contributed by atoms with Gasteiger partial charge in [-0.3, -0.25) is 4.99 Å². The molecule has 2 heteroatoms. The Balaban J connectivity index is 2.20. The van der Waals surface area contributed by atoms with Crippen LogP contribution in [0.25, 0.3) is 6.08 Å². The van der Waals surface area contributed by atoms with Gasteiger partial charge >= 0.3 is 0 Å². The highest BCUT2D eigenvalue weighted by atomic mass is 16.3. The van der Waals surface area contributed by atoms with Crippen LogP contribution in [0.4, 0.5) is 0 Å². The highest BCUT2D eigenvalue weighted by molar-refractivity contribution is 5.86. The van der Waals surface area contributed by atoms with Crippen LogP contribution in [0, 0.1) is 0 Å². The molecule has 0 amide bonds. The molecule has 11 heavy (non-hydrogen) atoms. The molecule has 1 aliphatic rings. The van der Waals surface area contributed by atoms with E-state index in [-0.39, 0.29) is 0 Å². The smallest absolute Gasteiger partial charge is 0.126 e. The first-order chi connectivity index (χ1) is 5.45. The summed E-state index contributed by atoms with van der Waals surface area (Å²) in [4.78, 5) is 4.11. The molecule has 0 spiro atoms. The minimum Gasteiger partial charge on any atom is -0.465 e. The van der Waals surface area contributed by atoms with Crippen LogP contribution in [-0.2, 0) is 0 Å². The zero-order valence-corrected chi connectivity index (χ0v) is 6.16. The molecule has 56 valence electrons. The average molecular weight is 147 g/mol. The predicted octanol–water partition coefficient (Wildman–Crippen LogP) is 2.14. The van der Waals surface area contributed by atoms with E-state index in [1.807, 2.05) is 24.4 Å². The van der Waals surface area contributed by atoms with Gasteiger partial charge in [0.05, 0.1) is 6.26 Å². The van der Waals surface area contributed by atoms with Gasteiger partial charge in [0.1, 0.15) is 5.76 Å². The molecular weight excluding hydrogens is 138 g/mol. The molecular formula is C9H9NO. The second-order valence-corrected chi connectivity index (χ2v) is 2.52. The number of furan rings is 1. The Bertz CT molecular complexity index is 283. The van der Waals surface area contributed by atoms with Gasteiger partial charge in [0.15, 0.2) is 0 Å². The lowest BCUT2D eigenvalue weighted by Crippen LogP contribution is -1.76. The van der Waals surface area contributed by atoms with Crippen LogP contribution < -0.4 is 0 Å². The number of aliphatic imine (C=N–C) groups is 1. The van der Waals surface area contributed by atoms with Crippen molar-refractivity contribution in [1.29, 1.82) is 0 Å². The maximum atomic E-state index is 5.16. The average Bonchev–Trinajstić information content (AvgIpc) is 2.60. The summed E-state index contributed by atoms with van der Waals surface area (Å²) < 4.78 is 5.16. The van der Waals surface area contributed by atoms with Crippen LogP contribution in [0.1, 0.15) is 12.2 Å². The summed E-state index contributed by atoms with van der Waals surface area (Å²) in [5.74, 6) is 0.911. The molecule has 2 rings (SSSR count). The van der Waals surface area contributed by atoms with E-state index in [1.165, 1.54) is 5.57 Å². The van der Waals surface area contributed by atoms with Gasteiger partial charge in [0.2, 0.25) is 0 Å². The number of hydrogen-bond acceptors (Lipinski definition) is 2. The lowest BCUT2D eigenvalue weighted by Gasteiger charge is -1.87. The van der Waals surface area contributed by atoms with Gasteiger partial charge in [-0.2, -0.15) is 0 Å². The molecule has 0 bridgehead atoms. The van der Waals surface area contributed by atoms with E-state index in [0.29, 0.717) is 0 Å². The summed E-state index contributed by atoms with van der Waals surface area (Å²) in [6.45, 7) is 0.923. The molecule has 1 aromatic rings. The fourth-order valence-corrected chi connectivity index (χ4v) is 1.11. The molecule has 0 saturated heterocycles. The van der Waals surface area contributed by atoms with Crippen molar-refractivity contribution < 1.29 is 4.42 Å². The third kappa shape index (κ3) is 1.40. The Morgan fingerprint density at radius 1 is 1.55 bits per heavy atom. The summed E-state index contributed by atoms with van der Waals surface area (Å²) in [6, 6.07) is 3.83. The fraction of sp³-hybridized carbons (Fsp3) is 0.222. The SMILES string of the molecule is C1=NCC/C1=C\c1ccco1. The molecule has 0 atom stereocenters. The minimum atomic E-state index is 0.911. The van der Waals surface area contributed by atoms with E-state index >= 15 is 0 Å². The Labute approximate surface area is 65.3 Å². The molecule has 0 N–H and O–H groups in total. The molecule has 1 aliphatic heterocycles. The Morgan fingerprint density at radius 2 is 2.55 bits per heavy atom. The maximum Gasteiger partial charge on any atom is 0.126 e. The summed E-state index contributed by atoms with van der Waals surface area (Å²) >= 11 is 0. The summed E-state index contributed by atoms with van der Waals surface area (Å²) in [5.41, 5.74) is 1.25. The molecule has 0 fully saturated rings. The van der Waals surface area contributed by atoms with Gasteiger partial charge in [0, 0.05) is 12.8 Å². The van der Waals surface area contributed by atoms with Crippen molar-refractivity contribution >= 4 is 12.3 Å². The van der Waals surface area contributed by atoms with Crippen LogP contribution in [0.5, 0.6) is 0 Å². The number of rotatable bonds is 1. The van der Waals surface area contributed by atoms with Gasteiger partial charge < -0.3 is 4.42 Å². The topological polar surface area (TPSA) is 25.5 Å². The van der Waals surface area contributed by atoms with E-state index < -0.39 is 0 Å². The number of hydrogen-bond donors (Lipinski definition) is 0. The molecule has 1 aromatic heterocycles. The summed E-state index contributed by atoms with van der Waals surface area (Å²) in [5, 5.41) is 0. The molecule has 0 aliphatic carbocycles. The zero-order chi connectivity index (χ0) is 7.52. The second-order valence-electron chi connectivity index (χ2n) is 2.52. The lowest BCUT2D eigenvalue weighted by molar-refractivity contribution is 0.556. The van der Waals surface area contributed by atoms with Crippen molar-refractivity contribution in [1.82, 2.24) is 0 Å². The third-order valence-corrected chi connectivity index (χ3v) is 1.66. The lowest BCUT2D eigenvalue weighted by atomic mass is 10.2. The van der Waals surface area contributed by atoms with Crippen molar-refractivity contribution in [2.45, 2.75) is 6.42 Å². The van der Waals surface area contributed by atoms with Crippen molar-refractivity contribution in [3.8, 4) is 0 Å². The van der Waals surface area contributed by atoms with Gasteiger partial charge in [-0.1, -0.05) is 0 Å². The Kier molecular flexibility index (Phi) is 1.60. The van der Waals surface area contributed by atoms with Crippen molar-refractivity contribution in [2.24, 2.45) is 4.99 Å². The van der Waals surface area contributed by atoms with E-state index in [9.17, 15) is 0 Å². The van der Waals surface area contributed by atoms with E-state index in [1.54, 1.807) is 6.26 Å². The quantitative estimate of drug-likeness (QED) is 0.597. The minimum absolute atomic E-state index is 0.911. The number of nitrogens with zero attached hydrogens (tertiary/aromatic N) is 1. The molecule has 0 saturated carbocycles. The maximum absolute atomic E-state index is 5.16. The molecule has 2 nitrogen and oxygen atoms in total. The monoisotopic (exact) mass is 147 g/mol. The first-order valence-corrected chi connectivity index (χ1v) is 3.69. The molecule has 0 radical (unpaired) electrons. The Hall–Kier alpha value is -1.31. The standard InChI is InChI=1S/C9H9NO/c1-2-9(11-5-1)6-8-3-4-10-7-8/h1-2,5-7H,3-4H2/b8-6+. The van der Waals surface area contributed by atoms with E-state index in [2.05, 4.69) is 4.99 Å². The van der Waals surface area contributed by atoms with Crippen LogP contribution in [0.3, 0.4) is 0 Å². The van der Waals surface area contributed by atoms with E-state index in [4.69, 9.17) is 4.42 Å². The van der Waals surface area contributed by atoms with E-state index in [0.717, 1.165) is 18.7 Å². The van der Waals surface area contributed by atoms with Crippen LogP contribution in [0.2, 0.25) is 0 Å². The van der Waals surface area contributed by atoms with Crippen molar-refractivity contribution in [3.05, 3.63) is 29.7 Å². The van der Waals surface area contributed by atoms with Crippen molar-refractivity contribution in [3.63, 3.8) is 0 Å². The largest absolute Gasteiger partial charge is 0.465 e. The Morgan fingerprint density at radius 3 is 3.18 bits per heavy atom. The fourth-order valence-electron chi connectivity index (χ4n) is 1.11. The van der Waals surface area contributed by atoms with Crippen molar-refractivity contribution in [2.75, 3.05) is 6.54 Å². The highest BCUT2D eigenvalue weighted by Gasteiger charge is 2.00. The van der Waals surface area contributed by atoms with Gasteiger partial charge in [-0.15, -0.1) is 0 Å². The second kappa shape index (κ2) is 2.74. The predicted molar refractivity (Wildman–Crippen MR) is 44.7 cm³/mol. The third-order valence-electron chi connectivity index (χ3n) is 1.66. The molecule has 2 heterocycles. The normalized spacial score (nSPS) is 19.8. The first-order valence-electron chi connectivity index (χ1n) is 3.69. The van der Waals surface area contributed by atoms with Gasteiger partial charge in [-0.25, -0.2) is 0 Å². The molecule has 0 aromatic carbocycles. The van der Waals surface area contributed by atoms with Crippen LogP contribution in [-0.4, -0.2) is 12.8 Å². The first kappa shape index (κ1) is 6.40. The van der Waals surface area contributed by atoms with Gasteiger partial charge in [-0.05, 0) is 30.2 Å². The van der Waals surface area contributed by atoms with Gasteiger partial charge in [0.25, 0.3) is 0 Å². The highest BCUT2D eigenvalue weighted by Crippen LogP contribution is 2.12. The van der Waals surface area contributed by atoms with Crippen LogP contribution in [0.15, 0.2) is 33.4 Å². The zero-order valence-electron chi connectivity index (χ0n) is 6.16. The summed E-state index contributed by atoms with van der Waals surface area (Å²) in [7, 11) is 0. The van der Waals surface area contributed by atoms with Crippen LogP contribution >= 0.6 is 0 Å².